The Labute approximate surface area is 128 Å². The predicted octanol–water partition coefficient (Wildman–Crippen LogP) is 1.44. The lowest BCUT2D eigenvalue weighted by Gasteiger charge is -2.34. The number of amides is 2. The summed E-state index contributed by atoms with van der Waals surface area (Å²) in [4.78, 5) is 25.8. The van der Waals surface area contributed by atoms with Crippen LogP contribution in [0.3, 0.4) is 0 Å². The van der Waals surface area contributed by atoms with Gasteiger partial charge in [0.1, 0.15) is 0 Å². The maximum absolute atomic E-state index is 12.2. The summed E-state index contributed by atoms with van der Waals surface area (Å²) in [5, 5.41) is 12.2. The van der Waals surface area contributed by atoms with Crippen LogP contribution >= 0.6 is 11.6 Å². The van der Waals surface area contributed by atoms with Gasteiger partial charge in [0.25, 0.3) is 5.91 Å². The van der Waals surface area contributed by atoms with Crippen LogP contribution in [0.4, 0.5) is 0 Å². The summed E-state index contributed by atoms with van der Waals surface area (Å²) in [6.07, 6.45) is 2.75. The van der Waals surface area contributed by atoms with Crippen molar-refractivity contribution in [3.63, 3.8) is 0 Å². The second-order valence-electron chi connectivity index (χ2n) is 5.08. The molecule has 1 heterocycles. The highest BCUT2D eigenvalue weighted by Gasteiger charge is 2.26. The van der Waals surface area contributed by atoms with Gasteiger partial charge in [-0.15, -0.1) is 0 Å². The van der Waals surface area contributed by atoms with E-state index in [1.807, 2.05) is 0 Å². The Kier molecular flexibility index (Phi) is 5.59. The number of benzene rings is 1. The zero-order valence-electron chi connectivity index (χ0n) is 11.7. The number of halogens is 1. The summed E-state index contributed by atoms with van der Waals surface area (Å²) in [7, 11) is 0. The van der Waals surface area contributed by atoms with E-state index in [1.165, 1.54) is 0 Å². The molecule has 5 nitrogen and oxygen atoms in total. The van der Waals surface area contributed by atoms with E-state index in [9.17, 15) is 14.7 Å². The summed E-state index contributed by atoms with van der Waals surface area (Å²) in [5.74, 6) is -0.541. The van der Waals surface area contributed by atoms with Crippen molar-refractivity contribution >= 4 is 23.4 Å². The van der Waals surface area contributed by atoms with Gasteiger partial charge in [0.2, 0.25) is 5.91 Å². The molecule has 2 rings (SSSR count). The first-order valence-corrected chi connectivity index (χ1v) is 7.44. The van der Waals surface area contributed by atoms with Gasteiger partial charge in [-0.05, 0) is 31.4 Å². The summed E-state index contributed by atoms with van der Waals surface area (Å²) < 4.78 is 0. The van der Waals surface area contributed by atoms with E-state index in [1.54, 1.807) is 29.2 Å². The van der Waals surface area contributed by atoms with Crippen molar-refractivity contribution in [2.75, 3.05) is 19.7 Å². The second-order valence-corrected chi connectivity index (χ2v) is 5.49. The van der Waals surface area contributed by atoms with Gasteiger partial charge in [-0.2, -0.15) is 0 Å². The molecule has 0 radical (unpaired) electrons. The van der Waals surface area contributed by atoms with E-state index in [4.69, 9.17) is 11.6 Å². The van der Waals surface area contributed by atoms with Crippen molar-refractivity contribution < 1.29 is 14.7 Å². The van der Waals surface area contributed by atoms with Crippen molar-refractivity contribution in [3.8, 4) is 0 Å². The molecular weight excluding hydrogens is 292 g/mol. The first-order chi connectivity index (χ1) is 10.1. The average Bonchev–Trinajstić information content (AvgIpc) is 2.52. The number of nitrogens with one attached hydrogen (secondary N) is 1. The molecular formula is C15H19ClN2O3. The molecule has 2 amide bonds. The fourth-order valence-corrected chi connectivity index (χ4v) is 2.74. The van der Waals surface area contributed by atoms with Crippen LogP contribution in [0, 0.1) is 0 Å². The topological polar surface area (TPSA) is 69.6 Å². The molecule has 6 heteroatoms. The highest BCUT2D eigenvalue weighted by molar-refractivity contribution is 6.33. The number of hydrogen-bond donors (Lipinski definition) is 2. The number of hydrogen-bond acceptors (Lipinski definition) is 3. The van der Waals surface area contributed by atoms with Gasteiger partial charge in [0, 0.05) is 6.54 Å². The molecule has 0 aliphatic carbocycles. The first-order valence-electron chi connectivity index (χ1n) is 7.06. The molecule has 1 aromatic rings. The Bertz CT molecular complexity index is 521. The fourth-order valence-electron chi connectivity index (χ4n) is 2.52. The molecule has 0 spiro atoms. The SMILES string of the molecule is O=C(NCC(=O)N1CCCCC1CO)c1ccccc1Cl. The molecule has 0 aromatic heterocycles. The highest BCUT2D eigenvalue weighted by atomic mass is 35.5. The molecule has 1 aliphatic heterocycles. The van der Waals surface area contributed by atoms with Crippen LogP contribution in [-0.4, -0.2) is 47.6 Å². The number of carbonyl (C=O) groups is 2. The molecule has 21 heavy (non-hydrogen) atoms. The minimum Gasteiger partial charge on any atom is -0.394 e. The Morgan fingerprint density at radius 3 is 2.81 bits per heavy atom. The van der Waals surface area contributed by atoms with Crippen LogP contribution in [-0.2, 0) is 4.79 Å². The maximum atomic E-state index is 12.2. The van der Waals surface area contributed by atoms with Gasteiger partial charge in [-0.1, -0.05) is 23.7 Å². The number of aliphatic hydroxyl groups excluding tert-OH is 1. The van der Waals surface area contributed by atoms with Gasteiger partial charge in [0.15, 0.2) is 0 Å². The van der Waals surface area contributed by atoms with Crippen LogP contribution in [0.25, 0.3) is 0 Å². The molecule has 2 N–H and O–H groups in total. The molecule has 0 bridgehead atoms. The number of likely N-dealkylation sites (tertiary alicyclic amines) is 1. The van der Waals surface area contributed by atoms with E-state index in [2.05, 4.69) is 5.32 Å². The van der Waals surface area contributed by atoms with Crippen molar-refractivity contribution in [1.29, 1.82) is 0 Å². The summed E-state index contributed by atoms with van der Waals surface area (Å²) in [5.41, 5.74) is 0.351. The minimum absolute atomic E-state index is 0.0375. The van der Waals surface area contributed by atoms with Crippen LogP contribution in [0.2, 0.25) is 5.02 Å². The zero-order chi connectivity index (χ0) is 15.2. The third-order valence-corrected chi connectivity index (χ3v) is 4.01. The van der Waals surface area contributed by atoms with Gasteiger partial charge in [0.05, 0.1) is 29.8 Å². The largest absolute Gasteiger partial charge is 0.394 e. The van der Waals surface area contributed by atoms with Crippen LogP contribution < -0.4 is 5.32 Å². The van der Waals surface area contributed by atoms with Crippen LogP contribution in [0.1, 0.15) is 29.6 Å². The standard InChI is InChI=1S/C15H19ClN2O3/c16-13-7-2-1-6-12(13)15(21)17-9-14(20)18-8-4-3-5-11(18)10-19/h1-2,6-7,11,19H,3-5,8-10H2,(H,17,21). The Balaban J connectivity index is 1.91. The van der Waals surface area contributed by atoms with Crippen molar-refractivity contribution in [1.82, 2.24) is 10.2 Å². The number of rotatable bonds is 4. The molecule has 1 unspecified atom stereocenters. The lowest BCUT2D eigenvalue weighted by Crippen LogP contribution is -2.49. The van der Waals surface area contributed by atoms with Crippen molar-refractivity contribution in [2.24, 2.45) is 0 Å². The number of aliphatic hydroxyl groups is 1. The average molecular weight is 311 g/mol. The number of carbonyl (C=O) groups excluding carboxylic acids is 2. The smallest absolute Gasteiger partial charge is 0.253 e. The predicted molar refractivity (Wildman–Crippen MR) is 80.2 cm³/mol. The minimum atomic E-state index is -0.369. The molecule has 114 valence electrons. The molecule has 1 aromatic carbocycles. The summed E-state index contributed by atoms with van der Waals surface area (Å²) in [6.45, 7) is 0.511. The first kappa shape index (κ1) is 15.8. The third kappa shape index (κ3) is 3.95. The van der Waals surface area contributed by atoms with Gasteiger partial charge in [-0.3, -0.25) is 9.59 Å². The molecule has 1 saturated heterocycles. The van der Waals surface area contributed by atoms with Gasteiger partial charge < -0.3 is 15.3 Å². The van der Waals surface area contributed by atoms with E-state index in [0.717, 1.165) is 19.3 Å². The van der Waals surface area contributed by atoms with Crippen molar-refractivity contribution in [3.05, 3.63) is 34.9 Å². The Morgan fingerprint density at radius 2 is 2.10 bits per heavy atom. The Morgan fingerprint density at radius 1 is 1.33 bits per heavy atom. The lowest BCUT2D eigenvalue weighted by molar-refractivity contribution is -0.134. The second kappa shape index (κ2) is 7.43. The highest BCUT2D eigenvalue weighted by Crippen LogP contribution is 2.17. The van der Waals surface area contributed by atoms with Gasteiger partial charge in [-0.25, -0.2) is 0 Å². The molecule has 1 fully saturated rings. The Hall–Kier alpha value is -1.59. The van der Waals surface area contributed by atoms with E-state index >= 15 is 0 Å². The fraction of sp³-hybridized carbons (Fsp3) is 0.467. The molecule has 1 atom stereocenters. The number of piperidine rings is 1. The summed E-state index contributed by atoms with van der Waals surface area (Å²) >= 11 is 5.94. The maximum Gasteiger partial charge on any atom is 0.253 e. The van der Waals surface area contributed by atoms with E-state index in [-0.39, 0.29) is 31.0 Å². The van der Waals surface area contributed by atoms with Crippen LogP contribution in [0.15, 0.2) is 24.3 Å². The quantitative estimate of drug-likeness (QED) is 0.884. The monoisotopic (exact) mass is 310 g/mol. The van der Waals surface area contributed by atoms with Crippen molar-refractivity contribution in [2.45, 2.75) is 25.3 Å². The van der Waals surface area contributed by atoms with E-state index < -0.39 is 0 Å². The summed E-state index contributed by atoms with van der Waals surface area (Å²) in [6, 6.07) is 6.56. The normalized spacial score (nSPS) is 18.4. The zero-order valence-corrected chi connectivity index (χ0v) is 12.5. The van der Waals surface area contributed by atoms with Crippen LogP contribution in [0.5, 0.6) is 0 Å². The van der Waals surface area contributed by atoms with Gasteiger partial charge >= 0.3 is 0 Å². The number of nitrogens with zero attached hydrogens (tertiary/aromatic N) is 1. The molecule has 0 saturated carbocycles. The van der Waals surface area contributed by atoms with E-state index in [0.29, 0.717) is 17.1 Å². The third-order valence-electron chi connectivity index (χ3n) is 3.68. The lowest BCUT2D eigenvalue weighted by atomic mass is 10.0. The molecule has 1 aliphatic rings.